The molecule has 0 saturated heterocycles. The maximum absolute atomic E-state index is 12.7. The molecule has 0 radical (unpaired) electrons. The van der Waals surface area contributed by atoms with Crippen molar-refractivity contribution in [3.8, 4) is 23.0 Å². The zero-order valence-corrected chi connectivity index (χ0v) is 20.4. The Morgan fingerprint density at radius 3 is 2.29 bits per heavy atom. The molecule has 0 spiro atoms. The van der Waals surface area contributed by atoms with E-state index >= 15 is 0 Å². The molecule has 1 amide bonds. The summed E-state index contributed by atoms with van der Waals surface area (Å²) >= 11 is 1.28. The van der Waals surface area contributed by atoms with Crippen LogP contribution in [-0.2, 0) is 20.9 Å². The van der Waals surface area contributed by atoms with Gasteiger partial charge >= 0.3 is 5.97 Å². The number of thiazole rings is 1. The largest absolute Gasteiger partial charge is 0.497 e. The Hall–Kier alpha value is -3.79. The zero-order chi connectivity index (χ0) is 24.7. The highest BCUT2D eigenvalue weighted by molar-refractivity contribution is 7.16. The lowest BCUT2D eigenvalue weighted by atomic mass is 10.1. The Bertz CT molecular complexity index is 1270. The summed E-state index contributed by atoms with van der Waals surface area (Å²) in [6.45, 7) is 1.93. The van der Waals surface area contributed by atoms with Gasteiger partial charge in [0.05, 0.1) is 45.3 Å². The molecule has 0 N–H and O–H groups in total. The third-order valence-corrected chi connectivity index (χ3v) is 5.83. The molecule has 0 saturated carbocycles. The molecular formula is C24H26N2O7S. The Labute approximate surface area is 200 Å². The van der Waals surface area contributed by atoms with E-state index in [1.165, 1.54) is 38.7 Å². The Kier molecular flexibility index (Phi) is 8.31. The summed E-state index contributed by atoms with van der Waals surface area (Å²) in [7, 11) is 6.13. The second kappa shape index (κ2) is 11.4. The van der Waals surface area contributed by atoms with Crippen molar-refractivity contribution in [2.24, 2.45) is 4.99 Å². The fourth-order valence-corrected chi connectivity index (χ4v) is 4.31. The SMILES string of the molecule is CCOC(=O)Cn1c(=NC(=O)/C=C\c2cc(OC)c(OC)c(OC)c2)sc2cc(OC)ccc21. The third kappa shape index (κ3) is 5.57. The Morgan fingerprint density at radius 1 is 1.00 bits per heavy atom. The molecule has 34 heavy (non-hydrogen) atoms. The lowest BCUT2D eigenvalue weighted by Crippen LogP contribution is -2.22. The van der Waals surface area contributed by atoms with Crippen molar-refractivity contribution in [3.05, 3.63) is 46.8 Å². The Balaban J connectivity index is 1.99. The predicted molar refractivity (Wildman–Crippen MR) is 129 cm³/mol. The van der Waals surface area contributed by atoms with Gasteiger partial charge in [-0.25, -0.2) is 0 Å². The second-order valence-electron chi connectivity index (χ2n) is 6.85. The van der Waals surface area contributed by atoms with Gasteiger partial charge in [-0.05, 0) is 48.9 Å². The molecular weight excluding hydrogens is 460 g/mol. The van der Waals surface area contributed by atoms with Crippen molar-refractivity contribution in [1.29, 1.82) is 0 Å². The molecule has 0 bridgehead atoms. The zero-order valence-electron chi connectivity index (χ0n) is 19.6. The number of amides is 1. The minimum Gasteiger partial charge on any atom is -0.497 e. The van der Waals surface area contributed by atoms with Crippen molar-refractivity contribution in [2.75, 3.05) is 35.0 Å². The molecule has 3 rings (SSSR count). The minimum absolute atomic E-state index is 0.0666. The molecule has 0 aliphatic rings. The van der Waals surface area contributed by atoms with Crippen LogP contribution in [0.5, 0.6) is 23.0 Å². The summed E-state index contributed by atoms with van der Waals surface area (Å²) in [5, 5.41) is 0. The van der Waals surface area contributed by atoms with E-state index in [1.807, 2.05) is 12.1 Å². The summed E-state index contributed by atoms with van der Waals surface area (Å²) in [4.78, 5) is 29.4. The number of fused-ring (bicyclic) bond motifs is 1. The van der Waals surface area contributed by atoms with Crippen molar-refractivity contribution in [3.63, 3.8) is 0 Å². The number of hydrogen-bond acceptors (Lipinski definition) is 8. The number of rotatable bonds is 9. The number of benzene rings is 2. The minimum atomic E-state index is -0.495. The second-order valence-corrected chi connectivity index (χ2v) is 7.86. The lowest BCUT2D eigenvalue weighted by molar-refractivity contribution is -0.143. The first-order chi connectivity index (χ1) is 16.4. The number of hydrogen-bond donors (Lipinski definition) is 0. The fourth-order valence-electron chi connectivity index (χ4n) is 3.25. The normalized spacial score (nSPS) is 11.6. The van der Waals surface area contributed by atoms with Gasteiger partial charge in [-0.3, -0.25) is 9.59 Å². The molecule has 0 unspecified atom stereocenters. The number of carbonyl (C=O) groups is 2. The standard InChI is InChI=1S/C24H26N2O7S/c1-6-33-22(28)14-26-17-9-8-16(29-2)13-20(17)34-24(26)25-21(27)10-7-15-11-18(30-3)23(32-5)19(12-15)31-4/h7-13H,6,14H2,1-5H3/b10-7-,25-24?. The van der Waals surface area contributed by atoms with Crippen LogP contribution in [0.25, 0.3) is 16.3 Å². The molecule has 0 aliphatic carbocycles. The average molecular weight is 487 g/mol. The molecule has 0 fully saturated rings. The molecule has 2 aromatic carbocycles. The number of nitrogens with zero attached hydrogens (tertiary/aromatic N) is 2. The quantitative estimate of drug-likeness (QED) is 0.338. The van der Waals surface area contributed by atoms with E-state index in [2.05, 4.69) is 4.99 Å². The maximum atomic E-state index is 12.7. The van der Waals surface area contributed by atoms with Crippen molar-refractivity contribution in [2.45, 2.75) is 13.5 Å². The predicted octanol–water partition coefficient (Wildman–Crippen LogP) is 3.44. The summed E-state index contributed by atoms with van der Waals surface area (Å²) in [6, 6.07) is 8.87. The van der Waals surface area contributed by atoms with Gasteiger partial charge in [0.1, 0.15) is 12.3 Å². The van der Waals surface area contributed by atoms with Gasteiger partial charge < -0.3 is 28.3 Å². The van der Waals surface area contributed by atoms with E-state index in [9.17, 15) is 9.59 Å². The van der Waals surface area contributed by atoms with Gasteiger partial charge in [0.25, 0.3) is 5.91 Å². The third-order valence-electron chi connectivity index (χ3n) is 4.79. The molecule has 180 valence electrons. The highest BCUT2D eigenvalue weighted by Crippen LogP contribution is 2.38. The van der Waals surface area contributed by atoms with Gasteiger partial charge in [0.15, 0.2) is 16.3 Å². The molecule has 10 heteroatoms. The van der Waals surface area contributed by atoms with E-state index in [0.717, 1.165) is 10.2 Å². The topological polar surface area (TPSA) is 97.6 Å². The van der Waals surface area contributed by atoms with E-state index in [-0.39, 0.29) is 13.2 Å². The summed E-state index contributed by atoms with van der Waals surface area (Å²) in [5.74, 6) is 1.15. The van der Waals surface area contributed by atoms with E-state index < -0.39 is 11.9 Å². The van der Waals surface area contributed by atoms with E-state index in [0.29, 0.717) is 33.4 Å². The van der Waals surface area contributed by atoms with Crippen LogP contribution in [-0.4, -0.2) is 51.5 Å². The first-order valence-electron chi connectivity index (χ1n) is 10.3. The molecule has 0 aliphatic heterocycles. The number of aromatic nitrogens is 1. The molecule has 1 aromatic heterocycles. The van der Waals surface area contributed by atoms with E-state index in [1.54, 1.807) is 42.9 Å². The highest BCUT2D eigenvalue weighted by Gasteiger charge is 2.14. The number of esters is 1. The van der Waals surface area contributed by atoms with Crippen LogP contribution < -0.4 is 23.7 Å². The van der Waals surface area contributed by atoms with Crippen molar-refractivity contribution >= 4 is 39.5 Å². The summed E-state index contributed by atoms with van der Waals surface area (Å²) in [5.41, 5.74) is 1.41. The number of methoxy groups -OCH3 is 4. The molecule has 0 atom stereocenters. The number of ether oxygens (including phenoxy) is 5. The van der Waals surface area contributed by atoms with Crippen LogP contribution in [0.4, 0.5) is 0 Å². The smallest absolute Gasteiger partial charge is 0.326 e. The summed E-state index contributed by atoms with van der Waals surface area (Å²) < 4.78 is 28.8. The van der Waals surface area contributed by atoms with Gasteiger partial charge in [0, 0.05) is 6.08 Å². The molecule has 9 nitrogen and oxygen atoms in total. The van der Waals surface area contributed by atoms with Gasteiger partial charge in [-0.15, -0.1) is 0 Å². The van der Waals surface area contributed by atoms with Crippen LogP contribution in [0.3, 0.4) is 0 Å². The van der Waals surface area contributed by atoms with Crippen molar-refractivity contribution < 1.29 is 33.3 Å². The lowest BCUT2D eigenvalue weighted by Gasteiger charge is -2.12. The van der Waals surface area contributed by atoms with Gasteiger partial charge in [-0.2, -0.15) is 4.99 Å². The van der Waals surface area contributed by atoms with Crippen LogP contribution in [0.1, 0.15) is 12.5 Å². The van der Waals surface area contributed by atoms with Crippen LogP contribution in [0.2, 0.25) is 0 Å². The van der Waals surface area contributed by atoms with E-state index in [4.69, 9.17) is 23.7 Å². The van der Waals surface area contributed by atoms with Crippen LogP contribution in [0.15, 0.2) is 41.4 Å². The van der Waals surface area contributed by atoms with Crippen LogP contribution >= 0.6 is 11.3 Å². The summed E-state index contributed by atoms with van der Waals surface area (Å²) in [6.07, 6.45) is 2.93. The monoisotopic (exact) mass is 486 g/mol. The average Bonchev–Trinajstić information content (AvgIpc) is 3.17. The fraction of sp³-hybridized carbons (Fsp3) is 0.292. The molecule has 1 heterocycles. The highest BCUT2D eigenvalue weighted by atomic mass is 32.1. The van der Waals surface area contributed by atoms with Gasteiger partial charge in [-0.1, -0.05) is 11.3 Å². The number of carbonyl (C=O) groups excluding carboxylic acids is 2. The first-order valence-corrected chi connectivity index (χ1v) is 11.2. The van der Waals surface area contributed by atoms with Crippen molar-refractivity contribution in [1.82, 2.24) is 4.57 Å². The first kappa shape index (κ1) is 24.8. The van der Waals surface area contributed by atoms with Gasteiger partial charge in [0.2, 0.25) is 5.75 Å². The maximum Gasteiger partial charge on any atom is 0.326 e. The molecule has 3 aromatic rings. The Morgan fingerprint density at radius 2 is 1.71 bits per heavy atom. The van der Waals surface area contributed by atoms with Crippen LogP contribution in [0, 0.1) is 0 Å².